The Hall–Kier alpha value is -1.55. The van der Waals surface area contributed by atoms with Crippen LogP contribution in [0.5, 0.6) is 0 Å². The third kappa shape index (κ3) is 3.46. The van der Waals surface area contributed by atoms with Gasteiger partial charge in [-0.25, -0.2) is 4.98 Å². The quantitative estimate of drug-likeness (QED) is 0.600. The maximum Gasteiger partial charge on any atom is 0.255 e. The summed E-state index contributed by atoms with van der Waals surface area (Å²) in [5.41, 5.74) is 1.62. The molecule has 88 valence electrons. The van der Waals surface area contributed by atoms with Crippen LogP contribution >= 0.6 is 11.8 Å². The van der Waals surface area contributed by atoms with Crippen molar-refractivity contribution in [2.24, 2.45) is 0 Å². The van der Waals surface area contributed by atoms with E-state index in [0.29, 0.717) is 17.4 Å². The summed E-state index contributed by atoms with van der Waals surface area (Å²) in [6.07, 6.45) is 2.11. The molecule has 0 bridgehead atoms. The Morgan fingerprint density at radius 2 is 2.12 bits per heavy atom. The molecule has 1 aromatic heterocycles. The Labute approximate surface area is 104 Å². The van der Waals surface area contributed by atoms with Crippen LogP contribution in [0.2, 0.25) is 0 Å². The van der Waals surface area contributed by atoms with Crippen molar-refractivity contribution < 1.29 is 9.21 Å². The van der Waals surface area contributed by atoms with Crippen LogP contribution in [-0.2, 0) is 0 Å². The van der Waals surface area contributed by atoms with Gasteiger partial charge in [-0.15, -0.1) is 0 Å². The summed E-state index contributed by atoms with van der Waals surface area (Å²) < 4.78 is 5.19. The molecule has 17 heavy (non-hydrogen) atoms. The van der Waals surface area contributed by atoms with Crippen LogP contribution in [0, 0.1) is 6.92 Å². The van der Waals surface area contributed by atoms with Gasteiger partial charge >= 0.3 is 0 Å². The zero-order valence-corrected chi connectivity index (χ0v) is 10.4. The van der Waals surface area contributed by atoms with Gasteiger partial charge in [-0.05, 0) is 6.92 Å². The fraction of sp³-hybridized carbons (Fsp3) is 0.231. The first-order valence-electron chi connectivity index (χ1n) is 5.39. The minimum atomic E-state index is 0.154. The van der Waals surface area contributed by atoms with Gasteiger partial charge in [-0.2, -0.15) is 0 Å². The summed E-state index contributed by atoms with van der Waals surface area (Å²) in [4.78, 5) is 15.9. The van der Waals surface area contributed by atoms with Crippen molar-refractivity contribution in [3.63, 3.8) is 0 Å². The fourth-order valence-electron chi connectivity index (χ4n) is 1.40. The monoisotopic (exact) mass is 247 g/mol. The fourth-order valence-corrected chi connectivity index (χ4v) is 2.18. The molecule has 0 spiro atoms. The predicted octanol–water partition coefficient (Wildman–Crippen LogP) is 3.35. The molecule has 0 fully saturated rings. The van der Waals surface area contributed by atoms with E-state index in [4.69, 9.17) is 4.42 Å². The van der Waals surface area contributed by atoms with Crippen LogP contribution in [0.25, 0.3) is 0 Å². The molecule has 0 aliphatic rings. The van der Waals surface area contributed by atoms with Crippen molar-refractivity contribution in [3.05, 3.63) is 47.9 Å². The lowest BCUT2D eigenvalue weighted by atomic mass is 10.1. The van der Waals surface area contributed by atoms with Gasteiger partial charge in [-0.1, -0.05) is 42.1 Å². The average molecular weight is 247 g/mol. The maximum absolute atomic E-state index is 11.8. The van der Waals surface area contributed by atoms with Crippen molar-refractivity contribution in [1.29, 1.82) is 0 Å². The number of nitrogens with zero attached hydrogens (tertiary/aromatic N) is 1. The largest absolute Gasteiger partial charge is 0.440 e. The number of hydrogen-bond acceptors (Lipinski definition) is 4. The molecule has 0 aliphatic carbocycles. The molecule has 1 aromatic carbocycles. The lowest BCUT2D eigenvalue weighted by Crippen LogP contribution is -1.99. The molecule has 0 N–H and O–H groups in total. The molecule has 4 heteroatoms. The summed E-state index contributed by atoms with van der Waals surface area (Å²) in [6, 6.07) is 9.32. The Morgan fingerprint density at radius 1 is 1.35 bits per heavy atom. The molecular formula is C13H13NO2S. The predicted molar refractivity (Wildman–Crippen MR) is 67.4 cm³/mol. The third-order valence-corrected chi connectivity index (χ3v) is 3.09. The van der Waals surface area contributed by atoms with Crippen LogP contribution in [0.1, 0.15) is 22.5 Å². The van der Waals surface area contributed by atoms with E-state index in [1.807, 2.05) is 37.3 Å². The lowest BCUT2D eigenvalue weighted by molar-refractivity contribution is 0.0989. The molecule has 1 heterocycles. The summed E-state index contributed by atoms with van der Waals surface area (Å²) >= 11 is 1.47. The molecule has 0 amide bonds. The van der Waals surface area contributed by atoms with E-state index in [2.05, 4.69) is 4.98 Å². The van der Waals surface area contributed by atoms with Gasteiger partial charge in [0.25, 0.3) is 5.22 Å². The molecule has 0 radical (unpaired) electrons. The van der Waals surface area contributed by atoms with E-state index in [-0.39, 0.29) is 5.78 Å². The van der Waals surface area contributed by atoms with Crippen LogP contribution in [0.3, 0.4) is 0 Å². The summed E-state index contributed by atoms with van der Waals surface area (Å²) in [5.74, 6) is 0.842. The number of benzene rings is 1. The van der Waals surface area contributed by atoms with Gasteiger partial charge in [-0.3, -0.25) is 4.79 Å². The summed E-state index contributed by atoms with van der Waals surface area (Å²) in [6.45, 7) is 1.88. The highest BCUT2D eigenvalue weighted by Crippen LogP contribution is 2.18. The molecule has 2 aromatic rings. The minimum absolute atomic E-state index is 0.154. The second-order valence-electron chi connectivity index (χ2n) is 3.64. The first kappa shape index (κ1) is 11.9. The standard InChI is InChI=1S/C13H13NO2S/c1-10-9-16-13(14-10)17-8-7-12(15)11-5-3-2-4-6-11/h2-6,9H,7-8H2,1H3. The van der Waals surface area contributed by atoms with Crippen molar-refractivity contribution in [2.75, 3.05) is 5.75 Å². The molecule has 0 atom stereocenters. The summed E-state index contributed by atoms with van der Waals surface area (Å²) in [5, 5.41) is 0.628. The second kappa shape index (κ2) is 5.68. The highest BCUT2D eigenvalue weighted by atomic mass is 32.2. The molecule has 3 nitrogen and oxygen atoms in total. The van der Waals surface area contributed by atoms with Gasteiger partial charge in [0, 0.05) is 17.7 Å². The minimum Gasteiger partial charge on any atom is -0.440 e. The Bertz CT molecular complexity index is 493. The third-order valence-electron chi connectivity index (χ3n) is 2.25. The van der Waals surface area contributed by atoms with Gasteiger partial charge in [0.1, 0.15) is 6.26 Å². The molecule has 2 rings (SSSR count). The number of carbonyl (C=O) groups is 1. The van der Waals surface area contributed by atoms with Crippen LogP contribution in [0.4, 0.5) is 0 Å². The molecule has 0 saturated carbocycles. The van der Waals surface area contributed by atoms with E-state index in [0.717, 1.165) is 11.3 Å². The average Bonchev–Trinajstić information content (AvgIpc) is 2.76. The number of aryl methyl sites for hydroxylation is 1. The normalized spacial score (nSPS) is 10.4. The SMILES string of the molecule is Cc1coc(SCCC(=O)c2ccccc2)n1. The van der Waals surface area contributed by atoms with Gasteiger partial charge in [0.15, 0.2) is 5.78 Å². The first-order chi connectivity index (χ1) is 8.25. The second-order valence-corrected chi connectivity index (χ2v) is 4.69. The smallest absolute Gasteiger partial charge is 0.255 e. The van der Waals surface area contributed by atoms with Crippen LogP contribution < -0.4 is 0 Å². The van der Waals surface area contributed by atoms with Gasteiger partial charge in [0.2, 0.25) is 0 Å². The molecular weight excluding hydrogens is 234 g/mol. The Balaban J connectivity index is 1.81. The van der Waals surface area contributed by atoms with Crippen molar-refractivity contribution in [3.8, 4) is 0 Å². The highest BCUT2D eigenvalue weighted by molar-refractivity contribution is 7.99. The van der Waals surface area contributed by atoms with Crippen molar-refractivity contribution in [2.45, 2.75) is 18.6 Å². The zero-order valence-electron chi connectivity index (χ0n) is 9.55. The highest BCUT2D eigenvalue weighted by Gasteiger charge is 2.07. The molecule has 0 saturated heterocycles. The van der Waals surface area contributed by atoms with Crippen molar-refractivity contribution >= 4 is 17.5 Å². The van der Waals surface area contributed by atoms with E-state index in [9.17, 15) is 4.79 Å². The number of thioether (sulfide) groups is 1. The van der Waals surface area contributed by atoms with E-state index < -0.39 is 0 Å². The first-order valence-corrected chi connectivity index (χ1v) is 6.37. The molecule has 0 unspecified atom stereocenters. The van der Waals surface area contributed by atoms with Crippen molar-refractivity contribution in [1.82, 2.24) is 4.98 Å². The number of oxazole rings is 1. The number of hydrogen-bond donors (Lipinski definition) is 0. The summed E-state index contributed by atoms with van der Waals surface area (Å²) in [7, 11) is 0. The van der Waals surface area contributed by atoms with Crippen LogP contribution in [-0.4, -0.2) is 16.5 Å². The number of Topliss-reactive ketones (excluding diaryl/α,β-unsaturated/α-hetero) is 1. The maximum atomic E-state index is 11.8. The number of carbonyl (C=O) groups excluding carboxylic acids is 1. The van der Waals surface area contributed by atoms with Gasteiger partial charge in [0.05, 0.1) is 5.69 Å². The Kier molecular flexibility index (Phi) is 3.98. The number of ketones is 1. The lowest BCUT2D eigenvalue weighted by Gasteiger charge is -1.98. The van der Waals surface area contributed by atoms with Crippen LogP contribution in [0.15, 0.2) is 46.2 Å². The number of aromatic nitrogens is 1. The van der Waals surface area contributed by atoms with E-state index in [1.165, 1.54) is 11.8 Å². The van der Waals surface area contributed by atoms with Gasteiger partial charge < -0.3 is 4.42 Å². The van der Waals surface area contributed by atoms with E-state index in [1.54, 1.807) is 6.26 Å². The topological polar surface area (TPSA) is 43.1 Å². The number of rotatable bonds is 5. The molecule has 0 aliphatic heterocycles. The Morgan fingerprint density at radius 3 is 2.76 bits per heavy atom. The van der Waals surface area contributed by atoms with E-state index >= 15 is 0 Å². The zero-order chi connectivity index (χ0) is 12.1.